The molecule has 0 spiro atoms. The first kappa shape index (κ1) is 19.0. The standard InChI is InChI=1S/C16H22BrNO3S/c1-5-18(6-2)15(19)9-21-16(20)10-22-14-8-11(3)13(17)7-12(14)4/h7-8H,5-6,9-10H2,1-4H3. The van der Waals surface area contributed by atoms with E-state index in [0.717, 1.165) is 20.5 Å². The molecule has 0 saturated carbocycles. The quantitative estimate of drug-likeness (QED) is 0.529. The van der Waals surface area contributed by atoms with Gasteiger partial charge in [0.25, 0.3) is 5.91 Å². The number of carbonyl (C=O) groups excluding carboxylic acids is 2. The van der Waals surface area contributed by atoms with Crippen LogP contribution in [0, 0.1) is 13.8 Å². The van der Waals surface area contributed by atoms with Crippen molar-refractivity contribution in [2.24, 2.45) is 0 Å². The Bertz CT molecular complexity index is 544. The van der Waals surface area contributed by atoms with Crippen molar-refractivity contribution in [3.63, 3.8) is 0 Å². The molecule has 0 unspecified atom stereocenters. The summed E-state index contributed by atoms with van der Waals surface area (Å²) in [6.07, 6.45) is 0. The van der Waals surface area contributed by atoms with Crippen molar-refractivity contribution in [2.45, 2.75) is 32.6 Å². The number of amides is 1. The van der Waals surface area contributed by atoms with Gasteiger partial charge in [0.15, 0.2) is 6.61 Å². The van der Waals surface area contributed by atoms with Gasteiger partial charge in [-0.3, -0.25) is 9.59 Å². The van der Waals surface area contributed by atoms with E-state index in [9.17, 15) is 9.59 Å². The number of carbonyl (C=O) groups is 2. The Balaban J connectivity index is 2.47. The van der Waals surface area contributed by atoms with Crippen molar-refractivity contribution in [1.82, 2.24) is 4.90 Å². The zero-order valence-corrected chi connectivity index (χ0v) is 15.8. The third kappa shape index (κ3) is 5.65. The number of halogens is 1. The van der Waals surface area contributed by atoms with Gasteiger partial charge in [-0.05, 0) is 51.0 Å². The van der Waals surface area contributed by atoms with Crippen LogP contribution in [-0.4, -0.2) is 42.2 Å². The lowest BCUT2D eigenvalue weighted by atomic mass is 10.2. The number of aryl methyl sites for hydroxylation is 2. The second-order valence-corrected chi connectivity index (χ2v) is 6.75. The molecule has 122 valence electrons. The van der Waals surface area contributed by atoms with Crippen LogP contribution >= 0.6 is 27.7 Å². The van der Waals surface area contributed by atoms with Gasteiger partial charge in [0.2, 0.25) is 0 Å². The van der Waals surface area contributed by atoms with E-state index in [4.69, 9.17) is 4.74 Å². The molecular weight excluding hydrogens is 366 g/mol. The Labute approximate surface area is 144 Å². The number of esters is 1. The molecule has 1 rings (SSSR count). The number of thioether (sulfide) groups is 1. The van der Waals surface area contributed by atoms with Crippen LogP contribution in [0.5, 0.6) is 0 Å². The fraction of sp³-hybridized carbons (Fsp3) is 0.500. The lowest BCUT2D eigenvalue weighted by Gasteiger charge is -2.18. The normalized spacial score (nSPS) is 10.4. The van der Waals surface area contributed by atoms with Gasteiger partial charge in [-0.1, -0.05) is 15.9 Å². The van der Waals surface area contributed by atoms with Crippen molar-refractivity contribution in [2.75, 3.05) is 25.4 Å². The van der Waals surface area contributed by atoms with E-state index in [1.54, 1.807) is 4.90 Å². The molecule has 22 heavy (non-hydrogen) atoms. The predicted molar refractivity (Wildman–Crippen MR) is 93.2 cm³/mol. The topological polar surface area (TPSA) is 46.6 Å². The first-order chi connectivity index (χ1) is 10.4. The molecule has 0 fully saturated rings. The highest BCUT2D eigenvalue weighted by atomic mass is 79.9. The van der Waals surface area contributed by atoms with E-state index >= 15 is 0 Å². The minimum Gasteiger partial charge on any atom is -0.455 e. The second-order valence-electron chi connectivity index (χ2n) is 4.88. The molecule has 0 aliphatic heterocycles. The van der Waals surface area contributed by atoms with Crippen molar-refractivity contribution in [3.8, 4) is 0 Å². The molecule has 0 N–H and O–H groups in total. The minimum atomic E-state index is -0.370. The average Bonchev–Trinajstić information content (AvgIpc) is 2.48. The first-order valence-corrected chi connectivity index (χ1v) is 8.99. The Kier molecular flexibility index (Phi) is 7.96. The smallest absolute Gasteiger partial charge is 0.316 e. The number of likely N-dealkylation sites (N-methyl/N-ethyl adjacent to an activating group) is 1. The Morgan fingerprint density at radius 1 is 1.18 bits per heavy atom. The summed E-state index contributed by atoms with van der Waals surface area (Å²) in [5, 5.41) is 0. The van der Waals surface area contributed by atoms with Gasteiger partial charge in [-0.25, -0.2) is 0 Å². The van der Waals surface area contributed by atoms with Crippen molar-refractivity contribution >= 4 is 39.6 Å². The molecule has 0 saturated heterocycles. The van der Waals surface area contributed by atoms with Gasteiger partial charge in [-0.2, -0.15) is 0 Å². The number of ether oxygens (including phenoxy) is 1. The van der Waals surface area contributed by atoms with Gasteiger partial charge in [0, 0.05) is 22.5 Å². The molecule has 6 heteroatoms. The molecule has 0 aliphatic rings. The van der Waals surface area contributed by atoms with Crippen LogP contribution in [0.15, 0.2) is 21.5 Å². The summed E-state index contributed by atoms with van der Waals surface area (Å²) in [5.41, 5.74) is 2.23. The predicted octanol–water partition coefficient (Wildman–Crippen LogP) is 3.57. The summed E-state index contributed by atoms with van der Waals surface area (Å²) in [6, 6.07) is 4.07. The Morgan fingerprint density at radius 3 is 2.41 bits per heavy atom. The second kappa shape index (κ2) is 9.20. The summed E-state index contributed by atoms with van der Waals surface area (Å²) < 4.78 is 6.10. The lowest BCUT2D eigenvalue weighted by molar-refractivity contribution is -0.149. The number of benzene rings is 1. The van der Waals surface area contributed by atoms with Crippen molar-refractivity contribution in [3.05, 3.63) is 27.7 Å². The summed E-state index contributed by atoms with van der Waals surface area (Å²) >= 11 is 4.91. The van der Waals surface area contributed by atoms with E-state index in [0.29, 0.717) is 13.1 Å². The van der Waals surface area contributed by atoms with Crippen molar-refractivity contribution < 1.29 is 14.3 Å². The van der Waals surface area contributed by atoms with Gasteiger partial charge in [-0.15, -0.1) is 11.8 Å². The molecule has 4 nitrogen and oxygen atoms in total. The van der Waals surface area contributed by atoms with Gasteiger partial charge in [0.1, 0.15) is 0 Å². The van der Waals surface area contributed by atoms with Crippen LogP contribution < -0.4 is 0 Å². The molecule has 0 heterocycles. The van der Waals surface area contributed by atoms with E-state index < -0.39 is 0 Å². The van der Waals surface area contributed by atoms with E-state index in [-0.39, 0.29) is 24.2 Å². The van der Waals surface area contributed by atoms with Gasteiger partial charge in [0.05, 0.1) is 5.75 Å². The summed E-state index contributed by atoms with van der Waals surface area (Å²) in [7, 11) is 0. The largest absolute Gasteiger partial charge is 0.455 e. The maximum atomic E-state index is 11.8. The van der Waals surface area contributed by atoms with Crippen LogP contribution in [0.4, 0.5) is 0 Å². The molecule has 1 aromatic rings. The number of hydrogen-bond donors (Lipinski definition) is 0. The minimum absolute atomic E-state index is 0.154. The van der Waals surface area contributed by atoms with Crippen molar-refractivity contribution in [1.29, 1.82) is 0 Å². The fourth-order valence-corrected chi connectivity index (χ4v) is 3.26. The zero-order valence-electron chi connectivity index (χ0n) is 13.4. The Hall–Kier alpha value is -1.01. The molecule has 0 aromatic heterocycles. The van der Waals surface area contributed by atoms with E-state index in [1.807, 2.05) is 39.8 Å². The average molecular weight is 388 g/mol. The summed E-state index contributed by atoms with van der Waals surface area (Å²) in [5.74, 6) is -0.322. The molecule has 0 aliphatic carbocycles. The molecule has 1 amide bonds. The fourth-order valence-electron chi connectivity index (χ4n) is 1.90. The highest BCUT2D eigenvalue weighted by Gasteiger charge is 2.13. The third-order valence-corrected chi connectivity index (χ3v) is 5.26. The summed E-state index contributed by atoms with van der Waals surface area (Å²) in [6.45, 7) is 8.88. The zero-order chi connectivity index (χ0) is 16.7. The molecule has 0 bridgehead atoms. The molecule has 1 aromatic carbocycles. The number of hydrogen-bond acceptors (Lipinski definition) is 4. The monoisotopic (exact) mass is 387 g/mol. The van der Waals surface area contributed by atoms with E-state index in [2.05, 4.69) is 15.9 Å². The van der Waals surface area contributed by atoms with Gasteiger partial charge >= 0.3 is 5.97 Å². The maximum absolute atomic E-state index is 11.8. The van der Waals surface area contributed by atoms with E-state index in [1.165, 1.54) is 11.8 Å². The van der Waals surface area contributed by atoms with Crippen LogP contribution in [-0.2, 0) is 14.3 Å². The SMILES string of the molecule is CCN(CC)C(=O)COC(=O)CSc1cc(C)c(Br)cc1C. The third-order valence-electron chi connectivity index (χ3n) is 3.27. The molecule has 0 radical (unpaired) electrons. The highest BCUT2D eigenvalue weighted by molar-refractivity contribution is 9.10. The molecular formula is C16H22BrNO3S. The number of nitrogens with zero attached hydrogens (tertiary/aromatic N) is 1. The Morgan fingerprint density at radius 2 is 1.82 bits per heavy atom. The highest BCUT2D eigenvalue weighted by Crippen LogP contribution is 2.28. The van der Waals surface area contributed by atoms with Gasteiger partial charge < -0.3 is 9.64 Å². The van der Waals surface area contributed by atoms with Crippen LogP contribution in [0.3, 0.4) is 0 Å². The molecule has 0 atom stereocenters. The summed E-state index contributed by atoms with van der Waals surface area (Å²) in [4.78, 5) is 26.2. The number of rotatable bonds is 7. The van der Waals surface area contributed by atoms with Crippen LogP contribution in [0.2, 0.25) is 0 Å². The first-order valence-electron chi connectivity index (χ1n) is 7.21. The lowest BCUT2D eigenvalue weighted by Crippen LogP contribution is -2.34. The van der Waals surface area contributed by atoms with Crippen LogP contribution in [0.1, 0.15) is 25.0 Å². The van der Waals surface area contributed by atoms with Crippen LogP contribution in [0.25, 0.3) is 0 Å². The maximum Gasteiger partial charge on any atom is 0.316 e.